The molecule has 0 fully saturated rings. The zero-order valence-corrected chi connectivity index (χ0v) is 11.0. The summed E-state index contributed by atoms with van der Waals surface area (Å²) in [6.45, 7) is 1.75. The van der Waals surface area contributed by atoms with E-state index in [1.165, 1.54) is 11.8 Å². The fourth-order valence-electron chi connectivity index (χ4n) is 1.47. The molecule has 1 amide bonds. The molecular formula is C12H14N4OS. The van der Waals surface area contributed by atoms with Gasteiger partial charge in [0.25, 0.3) is 0 Å². The van der Waals surface area contributed by atoms with Crippen LogP contribution in [0, 0.1) is 0 Å². The molecule has 0 saturated carbocycles. The Morgan fingerprint density at radius 2 is 2.00 bits per heavy atom. The molecule has 5 nitrogen and oxygen atoms in total. The Labute approximate surface area is 109 Å². The molecule has 0 spiro atoms. The number of primary amides is 1. The number of amides is 1. The number of carbonyl (C=O) groups is 1. The van der Waals surface area contributed by atoms with Gasteiger partial charge >= 0.3 is 0 Å². The van der Waals surface area contributed by atoms with Gasteiger partial charge in [-0.2, -0.15) is 0 Å². The van der Waals surface area contributed by atoms with E-state index in [1.54, 1.807) is 6.92 Å². The lowest BCUT2D eigenvalue weighted by atomic mass is 10.2. The van der Waals surface area contributed by atoms with Crippen LogP contribution in [0.2, 0.25) is 0 Å². The van der Waals surface area contributed by atoms with Gasteiger partial charge < -0.3 is 10.3 Å². The zero-order chi connectivity index (χ0) is 13.1. The molecule has 0 bridgehead atoms. The highest BCUT2D eigenvalue weighted by atomic mass is 32.2. The molecule has 2 rings (SSSR count). The summed E-state index contributed by atoms with van der Waals surface area (Å²) in [6.07, 6.45) is 0. The molecule has 0 aliphatic carbocycles. The van der Waals surface area contributed by atoms with Crippen LogP contribution in [0.15, 0.2) is 35.5 Å². The summed E-state index contributed by atoms with van der Waals surface area (Å²) < 4.78 is 1.86. The molecule has 18 heavy (non-hydrogen) atoms. The molecule has 1 aromatic carbocycles. The number of nitrogens with zero attached hydrogens (tertiary/aromatic N) is 3. The monoisotopic (exact) mass is 262 g/mol. The van der Waals surface area contributed by atoms with Crippen molar-refractivity contribution >= 4 is 17.7 Å². The summed E-state index contributed by atoms with van der Waals surface area (Å²) in [7, 11) is 1.87. The Kier molecular flexibility index (Phi) is 3.66. The minimum atomic E-state index is -0.357. The van der Waals surface area contributed by atoms with E-state index >= 15 is 0 Å². The van der Waals surface area contributed by atoms with Gasteiger partial charge in [-0.15, -0.1) is 10.2 Å². The standard InChI is InChI=1S/C12H14N4OS/c1-8(10(13)17)18-12-15-14-11(16(12)2)9-6-4-3-5-7-9/h3-8H,1-2H3,(H2,13,17)/t8-/m1/s1. The van der Waals surface area contributed by atoms with Crippen molar-refractivity contribution in [3.05, 3.63) is 30.3 Å². The Morgan fingerprint density at radius 3 is 2.61 bits per heavy atom. The lowest BCUT2D eigenvalue weighted by Crippen LogP contribution is -2.22. The van der Waals surface area contributed by atoms with Crippen molar-refractivity contribution in [3.8, 4) is 11.4 Å². The molecule has 0 unspecified atom stereocenters. The maximum Gasteiger partial charge on any atom is 0.230 e. The Balaban J connectivity index is 2.27. The van der Waals surface area contributed by atoms with Gasteiger partial charge in [-0.25, -0.2) is 0 Å². The minimum Gasteiger partial charge on any atom is -0.369 e. The van der Waals surface area contributed by atoms with Crippen molar-refractivity contribution in [2.45, 2.75) is 17.3 Å². The van der Waals surface area contributed by atoms with Gasteiger partial charge in [-0.05, 0) is 6.92 Å². The van der Waals surface area contributed by atoms with Crippen LogP contribution >= 0.6 is 11.8 Å². The van der Waals surface area contributed by atoms with E-state index < -0.39 is 0 Å². The van der Waals surface area contributed by atoms with Crippen LogP contribution in [0.1, 0.15) is 6.92 Å². The number of aromatic nitrogens is 3. The predicted octanol–water partition coefficient (Wildman–Crippen LogP) is 1.45. The first-order valence-electron chi connectivity index (χ1n) is 5.50. The van der Waals surface area contributed by atoms with Crippen LogP contribution < -0.4 is 5.73 Å². The summed E-state index contributed by atoms with van der Waals surface area (Å²) >= 11 is 1.31. The van der Waals surface area contributed by atoms with Gasteiger partial charge in [0, 0.05) is 12.6 Å². The van der Waals surface area contributed by atoms with Crippen molar-refractivity contribution in [1.82, 2.24) is 14.8 Å². The van der Waals surface area contributed by atoms with Crippen molar-refractivity contribution < 1.29 is 4.79 Å². The lowest BCUT2D eigenvalue weighted by molar-refractivity contribution is -0.117. The number of nitrogens with two attached hydrogens (primary N) is 1. The maximum atomic E-state index is 11.0. The quantitative estimate of drug-likeness (QED) is 0.846. The molecule has 0 aliphatic rings. The van der Waals surface area contributed by atoms with Crippen LogP contribution in [-0.4, -0.2) is 25.9 Å². The van der Waals surface area contributed by atoms with Gasteiger partial charge in [0.2, 0.25) is 5.91 Å². The van der Waals surface area contributed by atoms with Gasteiger partial charge in [0.05, 0.1) is 5.25 Å². The number of thioether (sulfide) groups is 1. The van der Waals surface area contributed by atoms with Crippen molar-refractivity contribution in [2.24, 2.45) is 12.8 Å². The Bertz CT molecular complexity index is 552. The van der Waals surface area contributed by atoms with Crippen LogP contribution in [0.4, 0.5) is 0 Å². The number of hydrogen-bond acceptors (Lipinski definition) is 4. The van der Waals surface area contributed by atoms with E-state index in [2.05, 4.69) is 10.2 Å². The second-order valence-corrected chi connectivity index (χ2v) is 5.20. The number of hydrogen-bond donors (Lipinski definition) is 1. The second-order valence-electron chi connectivity index (χ2n) is 3.89. The summed E-state index contributed by atoms with van der Waals surface area (Å²) in [5.41, 5.74) is 6.23. The third kappa shape index (κ3) is 2.53. The fraction of sp³-hybridized carbons (Fsp3) is 0.250. The Hall–Kier alpha value is -1.82. The Morgan fingerprint density at radius 1 is 1.33 bits per heavy atom. The zero-order valence-electron chi connectivity index (χ0n) is 10.2. The van der Waals surface area contributed by atoms with Crippen molar-refractivity contribution in [3.63, 3.8) is 0 Å². The number of benzene rings is 1. The van der Waals surface area contributed by atoms with E-state index in [0.29, 0.717) is 5.16 Å². The smallest absolute Gasteiger partial charge is 0.230 e. The third-order valence-corrected chi connectivity index (χ3v) is 3.70. The lowest BCUT2D eigenvalue weighted by Gasteiger charge is -2.06. The number of rotatable bonds is 4. The van der Waals surface area contributed by atoms with Crippen molar-refractivity contribution in [2.75, 3.05) is 0 Å². The normalized spacial score (nSPS) is 12.3. The molecule has 2 aromatic rings. The maximum absolute atomic E-state index is 11.0. The third-order valence-electron chi connectivity index (χ3n) is 2.55. The van der Waals surface area contributed by atoms with Crippen LogP contribution in [0.5, 0.6) is 0 Å². The first-order valence-corrected chi connectivity index (χ1v) is 6.38. The molecule has 6 heteroatoms. The minimum absolute atomic E-state index is 0.323. The fourth-order valence-corrected chi connectivity index (χ4v) is 2.24. The highest BCUT2D eigenvalue weighted by Crippen LogP contribution is 2.25. The molecule has 1 aromatic heterocycles. The first kappa shape index (κ1) is 12.6. The van der Waals surface area contributed by atoms with E-state index in [4.69, 9.17) is 5.73 Å². The summed E-state index contributed by atoms with van der Waals surface area (Å²) in [4.78, 5) is 11.0. The van der Waals surface area contributed by atoms with Crippen LogP contribution in [0.25, 0.3) is 11.4 Å². The van der Waals surface area contributed by atoms with Gasteiger partial charge in [-0.3, -0.25) is 4.79 Å². The average Bonchev–Trinajstić information content (AvgIpc) is 2.72. The average molecular weight is 262 g/mol. The van der Waals surface area contributed by atoms with Crippen LogP contribution in [0.3, 0.4) is 0 Å². The second kappa shape index (κ2) is 5.22. The molecular weight excluding hydrogens is 248 g/mol. The largest absolute Gasteiger partial charge is 0.369 e. The van der Waals surface area contributed by atoms with E-state index in [1.807, 2.05) is 41.9 Å². The summed E-state index contributed by atoms with van der Waals surface area (Å²) in [5, 5.41) is 8.58. The molecule has 1 atom stereocenters. The molecule has 1 heterocycles. The van der Waals surface area contributed by atoms with E-state index in [0.717, 1.165) is 11.4 Å². The van der Waals surface area contributed by atoms with E-state index in [9.17, 15) is 4.79 Å². The van der Waals surface area contributed by atoms with Gasteiger partial charge in [0.1, 0.15) is 0 Å². The number of carbonyl (C=O) groups excluding carboxylic acids is 1. The molecule has 0 aliphatic heterocycles. The molecule has 2 N–H and O–H groups in total. The van der Waals surface area contributed by atoms with E-state index in [-0.39, 0.29) is 11.2 Å². The highest BCUT2D eigenvalue weighted by Gasteiger charge is 2.16. The summed E-state index contributed by atoms with van der Waals surface area (Å²) in [5.74, 6) is 0.416. The topological polar surface area (TPSA) is 73.8 Å². The van der Waals surface area contributed by atoms with Crippen molar-refractivity contribution in [1.29, 1.82) is 0 Å². The summed E-state index contributed by atoms with van der Waals surface area (Å²) in [6, 6.07) is 9.78. The SMILES string of the molecule is C[C@@H](Sc1nnc(-c2ccccc2)n1C)C(N)=O. The van der Waals surface area contributed by atoms with Crippen LogP contribution in [-0.2, 0) is 11.8 Å². The van der Waals surface area contributed by atoms with Gasteiger partial charge in [0.15, 0.2) is 11.0 Å². The highest BCUT2D eigenvalue weighted by molar-refractivity contribution is 8.00. The molecule has 0 saturated heterocycles. The first-order chi connectivity index (χ1) is 8.59. The molecule has 0 radical (unpaired) electrons. The predicted molar refractivity (Wildman–Crippen MR) is 71.0 cm³/mol. The molecule has 94 valence electrons. The van der Waals surface area contributed by atoms with Gasteiger partial charge in [-0.1, -0.05) is 42.1 Å².